The molecule has 0 fully saturated rings. The summed E-state index contributed by atoms with van der Waals surface area (Å²) in [6.45, 7) is 3.13. The van der Waals surface area contributed by atoms with E-state index in [0.29, 0.717) is 11.4 Å². The van der Waals surface area contributed by atoms with Crippen LogP contribution < -0.4 is 5.32 Å². The van der Waals surface area contributed by atoms with Gasteiger partial charge in [0.1, 0.15) is 9.88 Å². The maximum absolute atomic E-state index is 12.2. The van der Waals surface area contributed by atoms with Gasteiger partial charge >= 0.3 is 0 Å². The van der Waals surface area contributed by atoms with E-state index < -0.39 is 0 Å². The number of aryl methyl sites for hydroxylation is 1. The van der Waals surface area contributed by atoms with Crippen LogP contribution >= 0.6 is 11.3 Å². The Balaban J connectivity index is 2.00. The number of rotatable bonds is 5. The van der Waals surface area contributed by atoms with Gasteiger partial charge in [0, 0.05) is 25.5 Å². The largest absolute Gasteiger partial charge is 0.347 e. The predicted octanol–water partition coefficient (Wildman–Crippen LogP) is 1.84. The highest BCUT2D eigenvalue weighted by Gasteiger charge is 2.15. The van der Waals surface area contributed by atoms with E-state index >= 15 is 0 Å². The first-order chi connectivity index (χ1) is 9.56. The van der Waals surface area contributed by atoms with Crippen LogP contribution in [0.15, 0.2) is 24.5 Å². The molecule has 0 aliphatic carbocycles. The van der Waals surface area contributed by atoms with Crippen LogP contribution in [0, 0.1) is 6.92 Å². The molecule has 2 heterocycles. The van der Waals surface area contributed by atoms with Crippen LogP contribution in [0.4, 0.5) is 0 Å². The highest BCUT2D eigenvalue weighted by molar-refractivity contribution is 7.13. The summed E-state index contributed by atoms with van der Waals surface area (Å²) in [5.41, 5.74) is 1.82. The SMILES string of the molecule is Cc1nc(CN(C)C)sc1C(=O)NCc1ccncc1. The molecule has 2 aromatic rings. The minimum Gasteiger partial charge on any atom is -0.347 e. The quantitative estimate of drug-likeness (QED) is 0.913. The molecule has 20 heavy (non-hydrogen) atoms. The standard InChI is InChI=1S/C14H18N4OS/c1-10-13(20-12(17-10)9-18(2)3)14(19)16-8-11-4-6-15-7-5-11/h4-7H,8-9H2,1-3H3,(H,16,19). The van der Waals surface area contributed by atoms with Gasteiger partial charge in [0.25, 0.3) is 5.91 Å². The molecule has 5 nitrogen and oxygen atoms in total. The van der Waals surface area contributed by atoms with Crippen molar-refractivity contribution < 1.29 is 4.79 Å². The molecule has 2 aromatic heterocycles. The van der Waals surface area contributed by atoms with Crippen LogP contribution in [0.3, 0.4) is 0 Å². The lowest BCUT2D eigenvalue weighted by atomic mass is 10.2. The zero-order valence-electron chi connectivity index (χ0n) is 11.9. The van der Waals surface area contributed by atoms with Gasteiger partial charge in [-0.15, -0.1) is 11.3 Å². The van der Waals surface area contributed by atoms with Crippen molar-refractivity contribution in [3.05, 3.63) is 45.7 Å². The summed E-state index contributed by atoms with van der Waals surface area (Å²) in [4.78, 5) is 23.3. The Kier molecular flexibility index (Phi) is 4.81. The normalized spacial score (nSPS) is 10.8. The second-order valence-corrected chi connectivity index (χ2v) is 5.88. The predicted molar refractivity (Wildman–Crippen MR) is 79.6 cm³/mol. The Labute approximate surface area is 122 Å². The third-order valence-corrected chi connectivity index (χ3v) is 3.84. The average molecular weight is 290 g/mol. The number of hydrogen-bond donors (Lipinski definition) is 1. The Bertz CT molecular complexity index is 580. The van der Waals surface area contributed by atoms with Crippen LogP contribution in [-0.4, -0.2) is 34.9 Å². The van der Waals surface area contributed by atoms with Crippen LogP contribution in [0.2, 0.25) is 0 Å². The lowest BCUT2D eigenvalue weighted by Gasteiger charge is -2.05. The third kappa shape index (κ3) is 3.85. The van der Waals surface area contributed by atoms with E-state index in [0.717, 1.165) is 22.8 Å². The minimum absolute atomic E-state index is 0.0678. The molecular formula is C14H18N4OS. The second kappa shape index (κ2) is 6.58. The topological polar surface area (TPSA) is 58.1 Å². The molecule has 0 aromatic carbocycles. The van der Waals surface area contributed by atoms with Gasteiger partial charge in [-0.2, -0.15) is 0 Å². The van der Waals surface area contributed by atoms with E-state index in [-0.39, 0.29) is 5.91 Å². The van der Waals surface area contributed by atoms with Crippen LogP contribution in [0.25, 0.3) is 0 Å². The van der Waals surface area contributed by atoms with Gasteiger partial charge in [-0.3, -0.25) is 9.78 Å². The van der Waals surface area contributed by atoms with Crippen molar-refractivity contribution in [2.75, 3.05) is 14.1 Å². The number of amides is 1. The van der Waals surface area contributed by atoms with Crippen molar-refractivity contribution in [2.45, 2.75) is 20.0 Å². The lowest BCUT2D eigenvalue weighted by Crippen LogP contribution is -2.22. The number of aromatic nitrogens is 2. The van der Waals surface area contributed by atoms with E-state index in [4.69, 9.17) is 0 Å². The van der Waals surface area contributed by atoms with Gasteiger partial charge in [0.05, 0.1) is 5.69 Å². The molecule has 1 N–H and O–H groups in total. The van der Waals surface area contributed by atoms with Crippen molar-refractivity contribution in [1.82, 2.24) is 20.2 Å². The Morgan fingerprint density at radius 2 is 2.05 bits per heavy atom. The van der Waals surface area contributed by atoms with Crippen molar-refractivity contribution in [1.29, 1.82) is 0 Å². The van der Waals surface area contributed by atoms with Crippen LogP contribution in [0.5, 0.6) is 0 Å². The zero-order valence-corrected chi connectivity index (χ0v) is 12.7. The van der Waals surface area contributed by atoms with Gasteiger partial charge in [-0.1, -0.05) is 0 Å². The molecule has 0 bridgehead atoms. The molecule has 1 amide bonds. The van der Waals surface area contributed by atoms with Crippen molar-refractivity contribution in [3.8, 4) is 0 Å². The van der Waals surface area contributed by atoms with Crippen molar-refractivity contribution in [3.63, 3.8) is 0 Å². The minimum atomic E-state index is -0.0678. The molecule has 0 saturated carbocycles. The van der Waals surface area contributed by atoms with Crippen molar-refractivity contribution in [2.24, 2.45) is 0 Å². The smallest absolute Gasteiger partial charge is 0.263 e. The summed E-state index contributed by atoms with van der Waals surface area (Å²) in [5.74, 6) is -0.0678. The first-order valence-electron chi connectivity index (χ1n) is 6.34. The summed E-state index contributed by atoms with van der Waals surface area (Å²) >= 11 is 1.45. The molecule has 106 valence electrons. The molecule has 6 heteroatoms. The number of nitrogens with zero attached hydrogens (tertiary/aromatic N) is 3. The summed E-state index contributed by atoms with van der Waals surface area (Å²) in [7, 11) is 3.97. The number of carbonyl (C=O) groups is 1. The first kappa shape index (κ1) is 14.6. The van der Waals surface area contributed by atoms with Crippen LogP contribution in [-0.2, 0) is 13.1 Å². The monoisotopic (exact) mass is 290 g/mol. The van der Waals surface area contributed by atoms with Gasteiger partial charge in [0.2, 0.25) is 0 Å². The summed E-state index contributed by atoms with van der Waals surface area (Å²) in [6, 6.07) is 3.77. The number of carbonyl (C=O) groups excluding carboxylic acids is 1. The third-order valence-electron chi connectivity index (χ3n) is 2.70. The van der Waals surface area contributed by atoms with E-state index in [1.54, 1.807) is 12.4 Å². The maximum Gasteiger partial charge on any atom is 0.263 e. The molecule has 0 saturated heterocycles. The summed E-state index contributed by atoms with van der Waals surface area (Å²) in [5, 5.41) is 3.87. The Hall–Kier alpha value is -1.79. The van der Waals surface area contributed by atoms with Gasteiger partial charge in [0.15, 0.2) is 0 Å². The molecule has 0 spiro atoms. The van der Waals surface area contributed by atoms with E-state index in [1.165, 1.54) is 11.3 Å². The zero-order chi connectivity index (χ0) is 14.5. The number of pyridine rings is 1. The lowest BCUT2D eigenvalue weighted by molar-refractivity contribution is 0.0954. The van der Waals surface area contributed by atoms with E-state index in [2.05, 4.69) is 15.3 Å². The Morgan fingerprint density at radius 1 is 1.35 bits per heavy atom. The molecule has 0 aliphatic heterocycles. The molecular weight excluding hydrogens is 272 g/mol. The maximum atomic E-state index is 12.2. The Morgan fingerprint density at radius 3 is 2.70 bits per heavy atom. The fourth-order valence-corrected chi connectivity index (χ4v) is 2.86. The van der Waals surface area contributed by atoms with Gasteiger partial charge < -0.3 is 10.2 Å². The van der Waals surface area contributed by atoms with E-state index in [9.17, 15) is 4.79 Å². The fourth-order valence-electron chi connectivity index (χ4n) is 1.76. The summed E-state index contributed by atoms with van der Waals surface area (Å²) in [6.07, 6.45) is 3.43. The molecule has 0 atom stereocenters. The highest BCUT2D eigenvalue weighted by atomic mass is 32.1. The second-order valence-electron chi connectivity index (χ2n) is 4.80. The van der Waals surface area contributed by atoms with Gasteiger partial charge in [-0.25, -0.2) is 4.98 Å². The van der Waals surface area contributed by atoms with E-state index in [1.807, 2.05) is 38.1 Å². The van der Waals surface area contributed by atoms with Crippen molar-refractivity contribution >= 4 is 17.2 Å². The summed E-state index contributed by atoms with van der Waals surface area (Å²) < 4.78 is 0. The van der Waals surface area contributed by atoms with Crippen LogP contribution in [0.1, 0.15) is 25.9 Å². The fraction of sp³-hybridized carbons (Fsp3) is 0.357. The molecule has 0 radical (unpaired) electrons. The number of hydrogen-bond acceptors (Lipinski definition) is 5. The number of nitrogens with one attached hydrogen (secondary N) is 1. The average Bonchev–Trinajstić information content (AvgIpc) is 2.77. The molecule has 0 unspecified atom stereocenters. The van der Waals surface area contributed by atoms with Gasteiger partial charge in [-0.05, 0) is 38.7 Å². The first-order valence-corrected chi connectivity index (χ1v) is 7.16. The molecule has 0 aliphatic rings. The molecule has 2 rings (SSSR count). The highest BCUT2D eigenvalue weighted by Crippen LogP contribution is 2.19. The number of thiazole rings is 1.